The number of aromatic hydroxyl groups is 1. The quantitative estimate of drug-likeness (QED) is 0.555. The van der Waals surface area contributed by atoms with Crippen molar-refractivity contribution >= 4 is 29.3 Å². The van der Waals surface area contributed by atoms with E-state index < -0.39 is 5.97 Å². The molecule has 0 bridgehead atoms. The number of benzene rings is 1. The number of hydrogen-bond acceptors (Lipinski definition) is 6. The molecular formula is C17H15N3O4S. The molecule has 0 aliphatic rings. The molecule has 3 N–H and O–H groups in total. The number of carboxylic acids is 1. The minimum atomic E-state index is -1.29. The van der Waals surface area contributed by atoms with Gasteiger partial charge in [-0.25, -0.2) is 9.78 Å². The molecule has 0 fully saturated rings. The van der Waals surface area contributed by atoms with Crippen molar-refractivity contribution in [1.82, 2.24) is 4.98 Å². The normalized spacial score (nSPS) is 10.1. The first-order valence-electron chi connectivity index (χ1n) is 7.19. The van der Waals surface area contributed by atoms with Crippen LogP contribution in [0.4, 0.5) is 5.69 Å². The first-order chi connectivity index (χ1) is 11.8. The fourth-order valence-corrected chi connectivity index (χ4v) is 3.06. The Labute approximate surface area is 148 Å². The molecule has 8 heteroatoms. The minimum Gasteiger partial charge on any atom is -0.507 e. The van der Waals surface area contributed by atoms with Crippen LogP contribution in [-0.2, 0) is 4.79 Å². The first-order valence-corrected chi connectivity index (χ1v) is 8.17. The van der Waals surface area contributed by atoms with Crippen molar-refractivity contribution in [2.75, 3.05) is 11.1 Å². The summed E-state index contributed by atoms with van der Waals surface area (Å²) in [7, 11) is 0. The van der Waals surface area contributed by atoms with E-state index in [1.165, 1.54) is 18.2 Å². The molecule has 0 unspecified atom stereocenters. The third-order valence-corrected chi connectivity index (χ3v) is 4.25. The number of aromatic carboxylic acids is 1. The van der Waals surface area contributed by atoms with Crippen LogP contribution in [-0.4, -0.2) is 32.8 Å². The lowest BCUT2D eigenvalue weighted by molar-refractivity contribution is -0.113. The van der Waals surface area contributed by atoms with Gasteiger partial charge < -0.3 is 15.5 Å². The van der Waals surface area contributed by atoms with E-state index in [1.807, 2.05) is 6.92 Å². The number of thioether (sulfide) groups is 1. The zero-order valence-corrected chi connectivity index (χ0v) is 14.3. The highest BCUT2D eigenvalue weighted by atomic mass is 32.2. The van der Waals surface area contributed by atoms with Crippen LogP contribution < -0.4 is 5.32 Å². The number of pyridine rings is 1. The van der Waals surface area contributed by atoms with Crippen LogP contribution in [0.3, 0.4) is 0 Å². The summed E-state index contributed by atoms with van der Waals surface area (Å²) in [5, 5.41) is 30.7. The molecule has 25 heavy (non-hydrogen) atoms. The van der Waals surface area contributed by atoms with Gasteiger partial charge >= 0.3 is 5.97 Å². The van der Waals surface area contributed by atoms with Gasteiger partial charge in [-0.1, -0.05) is 11.8 Å². The van der Waals surface area contributed by atoms with E-state index in [4.69, 9.17) is 5.11 Å². The molecule has 1 heterocycles. The lowest BCUT2D eigenvalue weighted by Gasteiger charge is -2.09. The molecule has 1 aromatic carbocycles. The Balaban J connectivity index is 2.09. The third-order valence-electron chi connectivity index (χ3n) is 3.27. The maximum atomic E-state index is 12.1. The van der Waals surface area contributed by atoms with Crippen molar-refractivity contribution in [2.45, 2.75) is 18.9 Å². The fraction of sp³-hybridized carbons (Fsp3) is 0.176. The summed E-state index contributed by atoms with van der Waals surface area (Å²) in [5.74, 6) is -2.04. The minimum absolute atomic E-state index is 0.00779. The van der Waals surface area contributed by atoms with Gasteiger partial charge in [-0.2, -0.15) is 5.26 Å². The average molecular weight is 357 g/mol. The second-order valence-corrected chi connectivity index (χ2v) is 6.21. The van der Waals surface area contributed by atoms with Crippen LogP contribution in [0.25, 0.3) is 0 Å². The van der Waals surface area contributed by atoms with Gasteiger partial charge in [0.25, 0.3) is 0 Å². The molecule has 2 rings (SSSR count). The average Bonchev–Trinajstić information content (AvgIpc) is 2.54. The van der Waals surface area contributed by atoms with Crippen LogP contribution in [0.1, 0.15) is 27.2 Å². The highest BCUT2D eigenvalue weighted by molar-refractivity contribution is 8.00. The number of amides is 1. The molecule has 1 aromatic heterocycles. The maximum absolute atomic E-state index is 12.1. The number of rotatable bonds is 5. The van der Waals surface area contributed by atoms with E-state index >= 15 is 0 Å². The third kappa shape index (κ3) is 4.49. The second kappa shape index (κ2) is 7.68. The highest BCUT2D eigenvalue weighted by Crippen LogP contribution is 2.25. The summed E-state index contributed by atoms with van der Waals surface area (Å²) >= 11 is 1.13. The zero-order chi connectivity index (χ0) is 18.6. The Bertz CT molecular complexity index is 890. The lowest BCUT2D eigenvalue weighted by atomic mass is 10.1. The van der Waals surface area contributed by atoms with Crippen molar-refractivity contribution in [3.63, 3.8) is 0 Å². The van der Waals surface area contributed by atoms with Gasteiger partial charge in [0.15, 0.2) is 0 Å². The summed E-state index contributed by atoms with van der Waals surface area (Å²) in [4.78, 5) is 27.3. The van der Waals surface area contributed by atoms with Gasteiger partial charge in [-0.05, 0) is 43.7 Å². The molecule has 0 spiro atoms. The Hall–Kier alpha value is -3.05. The van der Waals surface area contributed by atoms with Gasteiger partial charge in [0.05, 0.1) is 11.3 Å². The van der Waals surface area contributed by atoms with E-state index in [1.54, 1.807) is 13.0 Å². The summed E-state index contributed by atoms with van der Waals surface area (Å²) < 4.78 is 0. The van der Waals surface area contributed by atoms with E-state index in [-0.39, 0.29) is 28.7 Å². The number of nitriles is 1. The summed E-state index contributed by atoms with van der Waals surface area (Å²) in [5.41, 5.74) is 1.94. The smallest absolute Gasteiger partial charge is 0.339 e. The predicted molar refractivity (Wildman–Crippen MR) is 92.8 cm³/mol. The van der Waals surface area contributed by atoms with E-state index in [2.05, 4.69) is 16.4 Å². The number of hydrogen-bond donors (Lipinski definition) is 3. The van der Waals surface area contributed by atoms with E-state index in [9.17, 15) is 20.0 Å². The van der Waals surface area contributed by atoms with Crippen LogP contribution >= 0.6 is 11.8 Å². The molecule has 0 aliphatic heterocycles. The van der Waals surface area contributed by atoms with Gasteiger partial charge in [0.2, 0.25) is 5.91 Å². The maximum Gasteiger partial charge on any atom is 0.339 e. The topological polar surface area (TPSA) is 123 Å². The number of anilines is 1. The van der Waals surface area contributed by atoms with Crippen molar-refractivity contribution < 1.29 is 19.8 Å². The van der Waals surface area contributed by atoms with Crippen molar-refractivity contribution in [3.05, 3.63) is 46.6 Å². The van der Waals surface area contributed by atoms with E-state index in [0.29, 0.717) is 10.6 Å². The summed E-state index contributed by atoms with van der Waals surface area (Å²) in [6, 6.07) is 7.66. The van der Waals surface area contributed by atoms with Gasteiger partial charge in [0, 0.05) is 11.4 Å². The SMILES string of the molecule is Cc1cc(C)c(C#N)c(SCC(=O)Nc2ccc(O)c(C(=O)O)c2)n1. The molecule has 7 nitrogen and oxygen atoms in total. The lowest BCUT2D eigenvalue weighted by Crippen LogP contribution is -2.15. The van der Waals surface area contributed by atoms with Crippen molar-refractivity contribution in [1.29, 1.82) is 5.26 Å². The van der Waals surface area contributed by atoms with Gasteiger partial charge in [0.1, 0.15) is 22.4 Å². The molecule has 0 radical (unpaired) electrons. The van der Waals surface area contributed by atoms with Crippen LogP contribution in [0.2, 0.25) is 0 Å². The van der Waals surface area contributed by atoms with E-state index in [0.717, 1.165) is 23.0 Å². The number of aryl methyl sites for hydroxylation is 2. The highest BCUT2D eigenvalue weighted by Gasteiger charge is 2.14. The fourth-order valence-electron chi connectivity index (χ4n) is 2.16. The summed E-state index contributed by atoms with van der Waals surface area (Å²) in [6.07, 6.45) is 0. The number of phenols is 1. The Morgan fingerprint density at radius 1 is 1.32 bits per heavy atom. The molecule has 0 atom stereocenters. The molecule has 0 saturated carbocycles. The van der Waals surface area contributed by atoms with Crippen molar-refractivity contribution in [2.24, 2.45) is 0 Å². The Morgan fingerprint density at radius 2 is 2.04 bits per heavy atom. The molecular weight excluding hydrogens is 342 g/mol. The van der Waals surface area contributed by atoms with Crippen molar-refractivity contribution in [3.8, 4) is 11.8 Å². The number of nitrogens with one attached hydrogen (secondary N) is 1. The largest absolute Gasteiger partial charge is 0.507 e. The summed E-state index contributed by atoms with van der Waals surface area (Å²) in [6.45, 7) is 3.61. The van der Waals surface area contributed by atoms with Crippen LogP contribution in [0.5, 0.6) is 5.75 Å². The van der Waals surface area contributed by atoms with Crippen LogP contribution in [0, 0.1) is 25.2 Å². The number of carbonyl (C=O) groups is 2. The molecule has 1 amide bonds. The van der Waals surface area contributed by atoms with Crippen LogP contribution in [0.15, 0.2) is 29.3 Å². The van der Waals surface area contributed by atoms with Gasteiger partial charge in [-0.15, -0.1) is 0 Å². The Morgan fingerprint density at radius 3 is 2.68 bits per heavy atom. The first kappa shape index (κ1) is 18.3. The standard InChI is InChI=1S/C17H15N3O4S/c1-9-5-10(2)19-16(13(9)7-18)25-8-15(22)20-11-3-4-14(21)12(6-11)17(23)24/h3-6,21H,8H2,1-2H3,(H,20,22)(H,23,24). The molecule has 128 valence electrons. The molecule has 0 aliphatic carbocycles. The number of carboxylic acid groups (broad SMARTS) is 1. The number of carbonyl (C=O) groups excluding carboxylic acids is 1. The van der Waals surface area contributed by atoms with Gasteiger partial charge in [-0.3, -0.25) is 4.79 Å². The Kier molecular flexibility index (Phi) is 5.62. The second-order valence-electron chi connectivity index (χ2n) is 5.25. The predicted octanol–water partition coefficient (Wildman–Crippen LogP) is 2.70. The number of aromatic nitrogens is 1. The molecule has 0 saturated heterocycles. The number of nitrogens with zero attached hydrogens (tertiary/aromatic N) is 2. The monoisotopic (exact) mass is 357 g/mol. The zero-order valence-electron chi connectivity index (χ0n) is 13.5. The molecule has 2 aromatic rings.